The van der Waals surface area contributed by atoms with E-state index in [2.05, 4.69) is 0 Å². The van der Waals surface area contributed by atoms with Crippen molar-refractivity contribution < 1.29 is 58.9 Å². The van der Waals surface area contributed by atoms with Crippen molar-refractivity contribution in [1.82, 2.24) is 0 Å². The molecule has 0 amide bonds. The molecule has 0 spiro atoms. The van der Waals surface area contributed by atoms with Gasteiger partial charge >= 0.3 is 0 Å². The van der Waals surface area contributed by atoms with Gasteiger partial charge in [-0.15, -0.1) is 0 Å². The van der Waals surface area contributed by atoms with E-state index >= 15 is 0 Å². The van der Waals surface area contributed by atoms with E-state index in [1.54, 1.807) is 0 Å². The second-order valence-electron chi connectivity index (χ2n) is 10.1. The number of rotatable bonds is 4. The minimum absolute atomic E-state index is 0.113. The minimum atomic E-state index is -2.20. The van der Waals surface area contributed by atoms with Gasteiger partial charge in [0.05, 0.1) is 30.4 Å². The molecule has 12 heteroatoms. The van der Waals surface area contributed by atoms with Crippen LogP contribution in [0, 0.1) is 0 Å². The Morgan fingerprint density at radius 1 is 0.974 bits per heavy atom. The third-order valence-electron chi connectivity index (χ3n) is 7.66. The van der Waals surface area contributed by atoms with E-state index in [1.165, 1.54) is 34.1 Å². The van der Waals surface area contributed by atoms with Crippen LogP contribution in [0.25, 0.3) is 0 Å². The topological polar surface area (TPSA) is 189 Å². The van der Waals surface area contributed by atoms with Gasteiger partial charge in [-0.3, -0.25) is 14.4 Å². The molecule has 0 radical (unpaired) electrons. The highest BCUT2D eigenvalue weighted by atomic mass is 16.7. The van der Waals surface area contributed by atoms with Gasteiger partial charge in [-0.1, -0.05) is 0 Å². The van der Waals surface area contributed by atoms with Gasteiger partial charge in [0.2, 0.25) is 5.78 Å². The molecule has 1 aliphatic heterocycles. The van der Waals surface area contributed by atoms with Gasteiger partial charge in [0, 0.05) is 41.9 Å². The van der Waals surface area contributed by atoms with E-state index in [1.807, 2.05) is 0 Å². The van der Waals surface area contributed by atoms with Crippen LogP contribution in [-0.2, 0) is 14.2 Å². The first-order valence-electron chi connectivity index (χ1n) is 12.2. The first kappa shape index (κ1) is 27.2. The normalized spacial score (nSPS) is 31.9. The lowest BCUT2D eigenvalue weighted by molar-refractivity contribution is -0.279. The highest BCUT2D eigenvalue weighted by Gasteiger charge is 2.55. The number of aliphatic hydroxyl groups is 3. The van der Waals surface area contributed by atoms with Gasteiger partial charge < -0.3 is 44.5 Å². The Labute approximate surface area is 222 Å². The number of phenols is 2. The number of aliphatic hydroxyl groups excluding tert-OH is 2. The fourth-order valence-electron chi connectivity index (χ4n) is 5.59. The van der Waals surface area contributed by atoms with Crippen LogP contribution in [0.2, 0.25) is 0 Å². The van der Waals surface area contributed by atoms with Crippen LogP contribution >= 0.6 is 0 Å². The number of aromatic hydroxyl groups is 2. The first-order chi connectivity index (χ1) is 18.3. The van der Waals surface area contributed by atoms with Gasteiger partial charge in [-0.25, -0.2) is 0 Å². The molecule has 0 saturated carbocycles. The summed E-state index contributed by atoms with van der Waals surface area (Å²) in [5, 5.41) is 53.4. The fraction of sp³-hybridized carbons (Fsp3) is 0.444. The van der Waals surface area contributed by atoms with Crippen LogP contribution in [0.1, 0.15) is 74.1 Å². The van der Waals surface area contributed by atoms with E-state index < -0.39 is 76.8 Å². The third-order valence-corrected chi connectivity index (χ3v) is 7.66. The average Bonchev–Trinajstić information content (AvgIpc) is 2.88. The number of carbonyl (C=O) groups is 3. The second-order valence-corrected chi connectivity index (χ2v) is 10.1. The molecule has 5 N–H and O–H groups in total. The average molecular weight is 545 g/mol. The van der Waals surface area contributed by atoms with E-state index in [4.69, 9.17) is 18.9 Å². The van der Waals surface area contributed by atoms with Gasteiger partial charge in [0.15, 0.2) is 23.5 Å². The zero-order chi connectivity index (χ0) is 28.5. The summed E-state index contributed by atoms with van der Waals surface area (Å²) in [6.07, 6.45) is -7.41. The molecular weight excluding hydrogens is 516 g/mol. The standard InChI is InChI=1S/C27H28O12/c1-9-20(30)15(29)8-16(38-9)39-24-19-13(25(34)27(2,35)26(24)37-4)7-12-18(23(19)33)22(32)17-11(21(12)31)5-10(36-3)6-14(17)28/h5-7,9,15-16,20,24,26,28-30,33,35H,8H2,1-4H3/t9-,15-,16-,20-,24+,26-,27+/m0/s1. The molecule has 0 aromatic heterocycles. The maximum absolute atomic E-state index is 13.6. The van der Waals surface area contributed by atoms with Crippen molar-refractivity contribution in [2.45, 2.75) is 62.7 Å². The maximum Gasteiger partial charge on any atom is 0.201 e. The van der Waals surface area contributed by atoms with Crippen LogP contribution in [0.3, 0.4) is 0 Å². The van der Waals surface area contributed by atoms with E-state index in [-0.39, 0.29) is 40.0 Å². The minimum Gasteiger partial charge on any atom is -0.507 e. The highest BCUT2D eigenvalue weighted by molar-refractivity contribution is 6.31. The summed E-state index contributed by atoms with van der Waals surface area (Å²) in [6, 6.07) is 3.52. The molecular formula is C27H28O12. The number of methoxy groups -OCH3 is 2. The van der Waals surface area contributed by atoms with Crippen molar-refractivity contribution >= 4 is 17.3 Å². The van der Waals surface area contributed by atoms with Crippen molar-refractivity contribution in [3.63, 3.8) is 0 Å². The largest absolute Gasteiger partial charge is 0.507 e. The summed E-state index contributed by atoms with van der Waals surface area (Å²) in [4.78, 5) is 40.5. The van der Waals surface area contributed by atoms with Crippen molar-refractivity contribution in [3.05, 3.63) is 51.6 Å². The number of ether oxygens (including phenoxy) is 4. The van der Waals surface area contributed by atoms with E-state index in [0.29, 0.717) is 0 Å². The zero-order valence-corrected chi connectivity index (χ0v) is 21.5. The van der Waals surface area contributed by atoms with Crippen molar-refractivity contribution in [2.75, 3.05) is 14.2 Å². The number of ketones is 3. The van der Waals surface area contributed by atoms with Gasteiger partial charge in [-0.05, 0) is 26.0 Å². The summed E-state index contributed by atoms with van der Waals surface area (Å²) in [6.45, 7) is 2.70. The Kier molecular flexibility index (Phi) is 6.53. The molecule has 1 heterocycles. The SMILES string of the molecule is COc1cc(O)c2c(c1)C(=O)c1cc3c(c(O)c1C2=O)[C@@H](O[C@H]1C[C@H](O)[C@@H](O)[C@H](C)O1)[C@H](OC)[C@](C)(O)C3=O. The molecule has 12 nitrogen and oxygen atoms in total. The van der Waals surface area contributed by atoms with Crippen molar-refractivity contribution in [1.29, 1.82) is 0 Å². The van der Waals surface area contributed by atoms with E-state index in [9.17, 15) is 39.9 Å². The molecule has 39 heavy (non-hydrogen) atoms. The Morgan fingerprint density at radius 2 is 1.64 bits per heavy atom. The molecule has 7 atom stereocenters. The molecule has 208 valence electrons. The Morgan fingerprint density at radius 3 is 2.26 bits per heavy atom. The lowest BCUT2D eigenvalue weighted by Crippen LogP contribution is -2.56. The fourth-order valence-corrected chi connectivity index (χ4v) is 5.59. The molecule has 0 bridgehead atoms. The maximum atomic E-state index is 13.6. The number of fused-ring (bicyclic) bond motifs is 3. The molecule has 0 unspecified atom stereocenters. The van der Waals surface area contributed by atoms with Crippen LogP contribution < -0.4 is 4.74 Å². The van der Waals surface area contributed by atoms with Gasteiger partial charge in [0.1, 0.15) is 35.6 Å². The Balaban J connectivity index is 1.69. The van der Waals surface area contributed by atoms with Crippen molar-refractivity contribution in [3.8, 4) is 17.2 Å². The number of carbonyl (C=O) groups excluding carboxylic acids is 3. The quantitative estimate of drug-likeness (QED) is 0.311. The summed E-state index contributed by atoms with van der Waals surface area (Å²) < 4.78 is 22.2. The summed E-state index contributed by atoms with van der Waals surface area (Å²) >= 11 is 0. The molecule has 5 rings (SSSR count). The molecule has 3 aliphatic rings. The smallest absolute Gasteiger partial charge is 0.201 e. The van der Waals surface area contributed by atoms with Crippen LogP contribution in [-0.4, -0.2) is 93.4 Å². The Bertz CT molecular complexity index is 1380. The van der Waals surface area contributed by atoms with Crippen LogP contribution in [0.5, 0.6) is 17.2 Å². The predicted molar refractivity (Wildman–Crippen MR) is 130 cm³/mol. The van der Waals surface area contributed by atoms with Gasteiger partial charge in [-0.2, -0.15) is 0 Å². The Hall–Kier alpha value is -3.39. The predicted octanol–water partition coefficient (Wildman–Crippen LogP) is 0.759. The highest BCUT2D eigenvalue weighted by Crippen LogP contribution is 2.49. The number of hydrogen-bond donors (Lipinski definition) is 5. The zero-order valence-electron chi connectivity index (χ0n) is 21.5. The first-order valence-corrected chi connectivity index (χ1v) is 12.2. The molecule has 1 saturated heterocycles. The monoisotopic (exact) mass is 544 g/mol. The van der Waals surface area contributed by atoms with Crippen molar-refractivity contribution in [2.24, 2.45) is 0 Å². The molecule has 1 fully saturated rings. The number of Topliss-reactive ketones (excluding diaryl/α,β-unsaturated/α-hetero) is 1. The molecule has 2 aromatic carbocycles. The van der Waals surface area contributed by atoms with Gasteiger partial charge in [0.25, 0.3) is 0 Å². The van der Waals surface area contributed by atoms with E-state index in [0.717, 1.165) is 12.1 Å². The molecule has 2 aliphatic carbocycles. The summed E-state index contributed by atoms with van der Waals surface area (Å²) in [7, 11) is 2.53. The third kappa shape index (κ3) is 3.94. The number of benzene rings is 2. The van der Waals surface area contributed by atoms with Crippen LogP contribution in [0.15, 0.2) is 18.2 Å². The summed E-state index contributed by atoms with van der Waals surface area (Å²) in [5.41, 5.74) is -4.01. The number of hydrogen-bond acceptors (Lipinski definition) is 12. The van der Waals surface area contributed by atoms with Crippen LogP contribution in [0.4, 0.5) is 0 Å². The molecule has 2 aromatic rings. The second kappa shape index (κ2) is 9.37. The number of phenolic OH excluding ortho intramolecular Hbond substituents is 2. The lowest BCUT2D eigenvalue weighted by Gasteiger charge is -2.44. The lowest BCUT2D eigenvalue weighted by atomic mass is 9.72. The summed E-state index contributed by atoms with van der Waals surface area (Å²) in [5.74, 6) is -3.71.